The van der Waals surface area contributed by atoms with E-state index in [0.717, 1.165) is 0 Å². The van der Waals surface area contributed by atoms with Crippen molar-refractivity contribution in [1.82, 2.24) is 0 Å². The van der Waals surface area contributed by atoms with Crippen molar-refractivity contribution in [3.8, 4) is 0 Å². The quantitative estimate of drug-likeness (QED) is 0.374. The molecule has 0 aromatic carbocycles. The molecule has 0 spiro atoms. The summed E-state index contributed by atoms with van der Waals surface area (Å²) in [6.45, 7) is 0. The summed E-state index contributed by atoms with van der Waals surface area (Å²) in [5.41, 5.74) is 0. The summed E-state index contributed by atoms with van der Waals surface area (Å²) < 4.78 is 0. The van der Waals surface area contributed by atoms with E-state index < -0.39 is 0 Å². The zero-order chi connectivity index (χ0) is 0. The summed E-state index contributed by atoms with van der Waals surface area (Å²) in [5.74, 6) is 0. The summed E-state index contributed by atoms with van der Waals surface area (Å²) >= 11 is 0. The molecule has 0 saturated heterocycles. The first kappa shape index (κ1) is 106. The largest absolute Gasteiger partial charge is 2.00 e. The first-order chi connectivity index (χ1) is 0. The standard InChI is InChI=1S/Ca.Mg.4H2O/h;;4*1H2/q2*+2;;;;/p-4. The molecule has 0 fully saturated rings. The number of hydrogen-bond donors (Lipinski definition) is 0. The topological polar surface area (TPSA) is 120 Å². The van der Waals surface area contributed by atoms with E-state index in [0.29, 0.717) is 0 Å². The molecule has 0 aliphatic carbocycles. The SMILES string of the molecule is [Ca+2].[Mg+2].[OH-].[OH-].[OH-].[OH-]. The van der Waals surface area contributed by atoms with Crippen LogP contribution in [0.1, 0.15) is 0 Å². The maximum Gasteiger partial charge on any atom is 2.00 e. The molecular formula is H4CaMgO4. The van der Waals surface area contributed by atoms with Crippen LogP contribution in [0, 0.1) is 0 Å². The van der Waals surface area contributed by atoms with Gasteiger partial charge < -0.3 is 21.9 Å². The Bertz CT molecular complexity index is 7.51. The minimum Gasteiger partial charge on any atom is -0.870 e. The van der Waals surface area contributed by atoms with E-state index in [-0.39, 0.29) is 82.7 Å². The van der Waals surface area contributed by atoms with Gasteiger partial charge in [0.15, 0.2) is 0 Å². The smallest absolute Gasteiger partial charge is 0.870 e. The van der Waals surface area contributed by atoms with E-state index in [4.69, 9.17) is 0 Å². The fourth-order valence-corrected chi connectivity index (χ4v) is 0. The van der Waals surface area contributed by atoms with Crippen LogP contribution in [-0.4, -0.2) is 82.7 Å². The minimum absolute atomic E-state index is 0. The van der Waals surface area contributed by atoms with Gasteiger partial charge in [-0.05, 0) is 0 Å². The van der Waals surface area contributed by atoms with Crippen molar-refractivity contribution in [2.45, 2.75) is 0 Å². The Balaban J connectivity index is 0. The summed E-state index contributed by atoms with van der Waals surface area (Å²) in [6.07, 6.45) is 0. The van der Waals surface area contributed by atoms with E-state index in [1.807, 2.05) is 0 Å². The van der Waals surface area contributed by atoms with Gasteiger partial charge in [0.2, 0.25) is 0 Å². The first-order valence-corrected chi connectivity index (χ1v) is 0. The fraction of sp³-hybridized carbons (Fsp3) is 0. The third-order valence-corrected chi connectivity index (χ3v) is 0. The van der Waals surface area contributed by atoms with Crippen LogP contribution < -0.4 is 0 Å². The molecule has 0 aromatic rings. The molecule has 32 valence electrons. The Morgan fingerprint density at radius 3 is 0.500 bits per heavy atom. The van der Waals surface area contributed by atoms with Crippen molar-refractivity contribution in [1.29, 1.82) is 0 Å². The molecule has 0 aliphatic rings. The van der Waals surface area contributed by atoms with E-state index in [1.165, 1.54) is 0 Å². The van der Waals surface area contributed by atoms with Crippen molar-refractivity contribution >= 4 is 60.8 Å². The maximum atomic E-state index is 0. The molecule has 0 aliphatic heterocycles. The third kappa shape index (κ3) is 39.9. The van der Waals surface area contributed by atoms with Crippen LogP contribution in [0.25, 0.3) is 0 Å². The fourth-order valence-electron chi connectivity index (χ4n) is 0. The van der Waals surface area contributed by atoms with E-state index in [1.54, 1.807) is 0 Å². The number of hydrogen-bond acceptors (Lipinski definition) is 4. The molecule has 0 heterocycles. The Hall–Kier alpha value is 1.87. The molecule has 0 rings (SSSR count). The van der Waals surface area contributed by atoms with Crippen molar-refractivity contribution < 1.29 is 21.9 Å². The van der Waals surface area contributed by atoms with E-state index >= 15 is 0 Å². The Labute approximate surface area is 81.7 Å². The van der Waals surface area contributed by atoms with Crippen LogP contribution in [0.3, 0.4) is 0 Å². The minimum atomic E-state index is 0. The summed E-state index contributed by atoms with van der Waals surface area (Å²) in [7, 11) is 0. The van der Waals surface area contributed by atoms with Crippen molar-refractivity contribution in [3.05, 3.63) is 0 Å². The van der Waals surface area contributed by atoms with Gasteiger partial charge in [0.25, 0.3) is 0 Å². The summed E-state index contributed by atoms with van der Waals surface area (Å²) in [4.78, 5) is 0. The van der Waals surface area contributed by atoms with Gasteiger partial charge in [-0.1, -0.05) is 0 Å². The van der Waals surface area contributed by atoms with Crippen LogP contribution in [0.4, 0.5) is 0 Å². The average molecular weight is 132 g/mol. The molecule has 0 unspecified atom stereocenters. The monoisotopic (exact) mass is 132 g/mol. The second-order valence-corrected chi connectivity index (χ2v) is 0. The van der Waals surface area contributed by atoms with Crippen LogP contribution in [-0.2, 0) is 0 Å². The molecule has 0 radical (unpaired) electrons. The van der Waals surface area contributed by atoms with Gasteiger partial charge in [-0.3, -0.25) is 0 Å². The molecule has 4 nitrogen and oxygen atoms in total. The van der Waals surface area contributed by atoms with Crippen molar-refractivity contribution in [2.75, 3.05) is 0 Å². The molecular weight excluding hydrogens is 128 g/mol. The van der Waals surface area contributed by atoms with Gasteiger partial charge >= 0.3 is 60.8 Å². The van der Waals surface area contributed by atoms with Crippen LogP contribution in [0.15, 0.2) is 0 Å². The molecule has 0 aromatic heterocycles. The molecule has 6 heteroatoms. The first-order valence-electron chi connectivity index (χ1n) is 0. The molecule has 6 heavy (non-hydrogen) atoms. The Morgan fingerprint density at radius 2 is 0.500 bits per heavy atom. The molecule has 4 N–H and O–H groups in total. The normalized spacial score (nSPS) is 0. The van der Waals surface area contributed by atoms with Gasteiger partial charge in [-0.15, -0.1) is 0 Å². The number of rotatable bonds is 0. The molecule has 0 amide bonds. The summed E-state index contributed by atoms with van der Waals surface area (Å²) in [6, 6.07) is 0. The van der Waals surface area contributed by atoms with Crippen molar-refractivity contribution in [3.63, 3.8) is 0 Å². The van der Waals surface area contributed by atoms with E-state index in [9.17, 15) is 0 Å². The van der Waals surface area contributed by atoms with Crippen LogP contribution in [0.5, 0.6) is 0 Å². The predicted octanol–water partition coefficient (Wildman–Crippen LogP) is -1.47. The zero-order valence-electron chi connectivity index (χ0n) is 3.20. The van der Waals surface area contributed by atoms with Gasteiger partial charge in [-0.25, -0.2) is 0 Å². The van der Waals surface area contributed by atoms with E-state index in [2.05, 4.69) is 0 Å². The Kier molecular flexibility index (Phi) is 1200. The molecule has 0 atom stereocenters. The summed E-state index contributed by atoms with van der Waals surface area (Å²) in [5, 5.41) is 0. The molecule has 0 bridgehead atoms. The van der Waals surface area contributed by atoms with Gasteiger partial charge in [-0.2, -0.15) is 0 Å². The Morgan fingerprint density at radius 1 is 0.500 bits per heavy atom. The molecule has 0 saturated carbocycles. The third-order valence-electron chi connectivity index (χ3n) is 0. The zero-order valence-corrected chi connectivity index (χ0v) is 6.83. The second-order valence-electron chi connectivity index (χ2n) is 0. The van der Waals surface area contributed by atoms with Crippen LogP contribution >= 0.6 is 0 Å². The van der Waals surface area contributed by atoms with Gasteiger partial charge in [0, 0.05) is 0 Å². The second kappa shape index (κ2) is 67.9. The average Bonchev–Trinajstić information content (AvgIpc) is 0. The van der Waals surface area contributed by atoms with Gasteiger partial charge in [0.05, 0.1) is 0 Å². The maximum absolute atomic E-state index is 0. The predicted molar refractivity (Wildman–Crippen MR) is 19.3 cm³/mol. The van der Waals surface area contributed by atoms with Gasteiger partial charge in [0.1, 0.15) is 0 Å². The van der Waals surface area contributed by atoms with Crippen molar-refractivity contribution in [2.24, 2.45) is 0 Å². The van der Waals surface area contributed by atoms with Crippen LogP contribution in [0.2, 0.25) is 0 Å².